The average molecular weight is 158 g/mol. The lowest BCUT2D eigenvalue weighted by atomic mass is 10.0. The van der Waals surface area contributed by atoms with Crippen LogP contribution in [-0.4, -0.2) is 30.2 Å². The summed E-state index contributed by atoms with van der Waals surface area (Å²) in [6.45, 7) is 1.23. The first kappa shape index (κ1) is 7.53. The Bertz CT molecular complexity index is 135. The summed E-state index contributed by atoms with van der Waals surface area (Å²) in [5.41, 5.74) is 0. The molecule has 1 spiro atoms. The minimum absolute atomic E-state index is 0.312. The van der Waals surface area contributed by atoms with Crippen molar-refractivity contribution in [2.75, 3.05) is 13.2 Å². The lowest BCUT2D eigenvalue weighted by Crippen LogP contribution is -2.35. The van der Waals surface area contributed by atoms with Crippen molar-refractivity contribution in [1.82, 2.24) is 0 Å². The smallest absolute Gasteiger partial charge is 0.170 e. The van der Waals surface area contributed by atoms with Gasteiger partial charge < -0.3 is 14.6 Å². The van der Waals surface area contributed by atoms with E-state index in [1.54, 1.807) is 0 Å². The third-order valence-corrected chi connectivity index (χ3v) is 2.40. The van der Waals surface area contributed by atoms with Crippen molar-refractivity contribution in [2.24, 2.45) is 0 Å². The lowest BCUT2D eigenvalue weighted by Gasteiger charge is -2.32. The minimum Gasteiger partial charge on any atom is -0.391 e. The Labute approximate surface area is 66.3 Å². The second kappa shape index (κ2) is 2.73. The summed E-state index contributed by atoms with van der Waals surface area (Å²) in [5, 5.41) is 9.24. The first-order chi connectivity index (χ1) is 5.31. The van der Waals surface area contributed by atoms with Gasteiger partial charge in [0.15, 0.2) is 5.79 Å². The zero-order valence-corrected chi connectivity index (χ0v) is 6.58. The Balaban J connectivity index is 1.98. The molecule has 0 aromatic rings. The molecule has 0 radical (unpaired) electrons. The predicted octanol–water partition coefficient (Wildman–Crippen LogP) is 0.664. The van der Waals surface area contributed by atoms with Gasteiger partial charge in [-0.05, 0) is 12.8 Å². The van der Waals surface area contributed by atoms with Crippen molar-refractivity contribution in [3.8, 4) is 0 Å². The van der Waals surface area contributed by atoms with Gasteiger partial charge in [0.1, 0.15) is 0 Å². The lowest BCUT2D eigenvalue weighted by molar-refractivity contribution is -0.229. The largest absolute Gasteiger partial charge is 0.391 e. The molecule has 1 N–H and O–H groups in total. The Morgan fingerprint density at radius 2 is 2.18 bits per heavy atom. The summed E-state index contributed by atoms with van der Waals surface area (Å²) in [5.74, 6) is -0.405. The van der Waals surface area contributed by atoms with Crippen molar-refractivity contribution in [3.05, 3.63) is 0 Å². The highest BCUT2D eigenvalue weighted by molar-refractivity contribution is 4.83. The molecule has 11 heavy (non-hydrogen) atoms. The Morgan fingerprint density at radius 1 is 1.27 bits per heavy atom. The molecule has 2 atom stereocenters. The maximum absolute atomic E-state index is 9.24. The number of hydrogen-bond donors (Lipinski definition) is 1. The van der Waals surface area contributed by atoms with Gasteiger partial charge in [0, 0.05) is 12.8 Å². The molecule has 3 nitrogen and oxygen atoms in total. The molecule has 64 valence electrons. The highest BCUT2D eigenvalue weighted by Gasteiger charge is 2.41. The van der Waals surface area contributed by atoms with Crippen LogP contribution in [0.4, 0.5) is 0 Å². The highest BCUT2D eigenvalue weighted by atomic mass is 16.7. The van der Waals surface area contributed by atoms with E-state index < -0.39 is 5.79 Å². The highest BCUT2D eigenvalue weighted by Crippen LogP contribution is 2.35. The number of aliphatic hydroxyl groups excluding tert-OH is 1. The van der Waals surface area contributed by atoms with E-state index in [0.717, 1.165) is 25.9 Å². The number of rotatable bonds is 0. The number of ether oxygens (including phenoxy) is 2. The van der Waals surface area contributed by atoms with Gasteiger partial charge in [-0.1, -0.05) is 0 Å². The topological polar surface area (TPSA) is 38.7 Å². The van der Waals surface area contributed by atoms with Crippen molar-refractivity contribution in [3.63, 3.8) is 0 Å². The third-order valence-electron chi connectivity index (χ3n) is 2.40. The van der Waals surface area contributed by atoms with Crippen molar-refractivity contribution in [1.29, 1.82) is 0 Å². The molecule has 0 aliphatic carbocycles. The maximum Gasteiger partial charge on any atom is 0.170 e. The maximum atomic E-state index is 9.24. The SMILES string of the molecule is O[C@@H]1CO[C@@]2(CCCCO2)C1. The van der Waals surface area contributed by atoms with Gasteiger partial charge in [0.25, 0.3) is 0 Å². The van der Waals surface area contributed by atoms with Crippen molar-refractivity contribution < 1.29 is 14.6 Å². The van der Waals surface area contributed by atoms with E-state index in [1.807, 2.05) is 0 Å². The second-order valence-electron chi connectivity index (χ2n) is 3.39. The molecule has 2 fully saturated rings. The number of hydrogen-bond acceptors (Lipinski definition) is 3. The first-order valence-corrected chi connectivity index (χ1v) is 4.27. The van der Waals surface area contributed by atoms with Crippen LogP contribution in [0.1, 0.15) is 25.7 Å². The summed E-state index contributed by atoms with van der Waals surface area (Å²) >= 11 is 0. The first-order valence-electron chi connectivity index (χ1n) is 4.27. The molecule has 2 saturated heterocycles. The van der Waals surface area contributed by atoms with E-state index in [2.05, 4.69) is 0 Å². The quantitative estimate of drug-likeness (QED) is 0.563. The number of aliphatic hydroxyl groups is 1. The fourth-order valence-electron chi connectivity index (χ4n) is 1.83. The molecule has 0 aromatic heterocycles. The molecule has 2 aliphatic heterocycles. The molecule has 0 saturated carbocycles. The summed E-state index contributed by atoms with van der Waals surface area (Å²) in [6.07, 6.45) is 3.58. The van der Waals surface area contributed by atoms with Gasteiger partial charge in [-0.3, -0.25) is 0 Å². The molecule has 3 heteroatoms. The van der Waals surface area contributed by atoms with Crippen LogP contribution >= 0.6 is 0 Å². The molecule has 0 bridgehead atoms. The Kier molecular flexibility index (Phi) is 1.87. The molecule has 2 heterocycles. The monoisotopic (exact) mass is 158 g/mol. The van der Waals surface area contributed by atoms with E-state index in [4.69, 9.17) is 9.47 Å². The fourth-order valence-corrected chi connectivity index (χ4v) is 1.83. The van der Waals surface area contributed by atoms with E-state index in [0.29, 0.717) is 13.0 Å². The standard InChI is InChI=1S/C8H14O3/c9-7-5-8(11-6-7)3-1-2-4-10-8/h7,9H,1-6H2/t7-,8-/m0/s1. The normalized spacial score (nSPS) is 45.0. The summed E-state index contributed by atoms with van der Waals surface area (Å²) in [4.78, 5) is 0. The summed E-state index contributed by atoms with van der Waals surface area (Å²) in [7, 11) is 0. The van der Waals surface area contributed by atoms with Gasteiger partial charge in [0.2, 0.25) is 0 Å². The fraction of sp³-hybridized carbons (Fsp3) is 1.00. The minimum atomic E-state index is -0.405. The van der Waals surface area contributed by atoms with Gasteiger partial charge in [-0.25, -0.2) is 0 Å². The van der Waals surface area contributed by atoms with E-state index in [1.165, 1.54) is 0 Å². The zero-order chi connectivity index (χ0) is 7.73. The molecule has 2 rings (SSSR count). The Morgan fingerprint density at radius 3 is 2.73 bits per heavy atom. The summed E-state index contributed by atoms with van der Waals surface area (Å²) < 4.78 is 10.9. The summed E-state index contributed by atoms with van der Waals surface area (Å²) in [6, 6.07) is 0. The van der Waals surface area contributed by atoms with Crippen LogP contribution in [-0.2, 0) is 9.47 Å². The van der Waals surface area contributed by atoms with Gasteiger partial charge >= 0.3 is 0 Å². The molecule has 0 aromatic carbocycles. The Hall–Kier alpha value is -0.120. The second-order valence-corrected chi connectivity index (χ2v) is 3.39. The average Bonchev–Trinajstić information content (AvgIpc) is 2.34. The van der Waals surface area contributed by atoms with Crippen LogP contribution in [0.2, 0.25) is 0 Å². The van der Waals surface area contributed by atoms with E-state index in [9.17, 15) is 5.11 Å². The van der Waals surface area contributed by atoms with Crippen LogP contribution in [0.3, 0.4) is 0 Å². The predicted molar refractivity (Wildman–Crippen MR) is 39.1 cm³/mol. The van der Waals surface area contributed by atoms with Gasteiger partial charge in [-0.2, -0.15) is 0 Å². The molecule has 2 aliphatic rings. The molecular weight excluding hydrogens is 144 g/mol. The van der Waals surface area contributed by atoms with Gasteiger partial charge in [-0.15, -0.1) is 0 Å². The van der Waals surface area contributed by atoms with E-state index >= 15 is 0 Å². The molecule has 0 amide bonds. The van der Waals surface area contributed by atoms with Crippen molar-refractivity contribution in [2.45, 2.75) is 37.6 Å². The molecular formula is C8H14O3. The zero-order valence-electron chi connectivity index (χ0n) is 6.58. The van der Waals surface area contributed by atoms with Crippen LogP contribution in [0, 0.1) is 0 Å². The van der Waals surface area contributed by atoms with Crippen LogP contribution in [0.5, 0.6) is 0 Å². The van der Waals surface area contributed by atoms with Crippen LogP contribution in [0.15, 0.2) is 0 Å². The van der Waals surface area contributed by atoms with Gasteiger partial charge in [0.05, 0.1) is 19.3 Å². The van der Waals surface area contributed by atoms with Crippen LogP contribution in [0.25, 0.3) is 0 Å². The molecule has 0 unspecified atom stereocenters. The van der Waals surface area contributed by atoms with Crippen molar-refractivity contribution >= 4 is 0 Å². The van der Waals surface area contributed by atoms with E-state index in [-0.39, 0.29) is 6.10 Å². The third kappa shape index (κ3) is 1.41. The van der Waals surface area contributed by atoms with Crippen LogP contribution < -0.4 is 0 Å².